The van der Waals surface area contributed by atoms with Crippen LogP contribution in [0.1, 0.15) is 53.9 Å². The Bertz CT molecular complexity index is 439. The Balaban J connectivity index is 1.91. The molecule has 0 saturated heterocycles. The van der Waals surface area contributed by atoms with E-state index in [0.29, 0.717) is 12.5 Å². The summed E-state index contributed by atoms with van der Waals surface area (Å²) in [7, 11) is 0. The number of carbonyl (C=O) groups is 1. The largest absolute Gasteiger partial charge is 0.393 e. The molecule has 0 saturated carbocycles. The van der Waals surface area contributed by atoms with Crippen LogP contribution in [0.2, 0.25) is 0 Å². The standard InChI is InChI=1S/C15H23NO2S/c1-10(7-11(2)17)8-16-15(18)13-9-19-14-6-4-3-5-12(13)14/h9-11,17H,3-8H2,1-2H3,(H,16,18). The van der Waals surface area contributed by atoms with Crippen molar-refractivity contribution in [1.82, 2.24) is 5.32 Å². The van der Waals surface area contributed by atoms with Crippen LogP contribution in [0.3, 0.4) is 0 Å². The first-order valence-electron chi connectivity index (χ1n) is 7.13. The number of rotatable bonds is 5. The van der Waals surface area contributed by atoms with Gasteiger partial charge in [0.05, 0.1) is 11.7 Å². The van der Waals surface area contributed by atoms with Crippen molar-refractivity contribution < 1.29 is 9.90 Å². The molecule has 106 valence electrons. The van der Waals surface area contributed by atoms with Crippen LogP contribution in [0.25, 0.3) is 0 Å². The molecule has 4 heteroatoms. The lowest BCUT2D eigenvalue weighted by atomic mass is 9.95. The number of aliphatic hydroxyl groups excluding tert-OH is 1. The van der Waals surface area contributed by atoms with Gasteiger partial charge in [-0.2, -0.15) is 0 Å². The smallest absolute Gasteiger partial charge is 0.252 e. The van der Waals surface area contributed by atoms with Gasteiger partial charge in [0.1, 0.15) is 0 Å². The van der Waals surface area contributed by atoms with E-state index >= 15 is 0 Å². The van der Waals surface area contributed by atoms with E-state index in [1.165, 1.54) is 23.3 Å². The first-order chi connectivity index (χ1) is 9.08. The minimum Gasteiger partial charge on any atom is -0.393 e. The molecule has 0 spiro atoms. The van der Waals surface area contributed by atoms with E-state index in [2.05, 4.69) is 12.2 Å². The van der Waals surface area contributed by atoms with Crippen molar-refractivity contribution in [2.75, 3.05) is 6.54 Å². The number of amides is 1. The fraction of sp³-hybridized carbons (Fsp3) is 0.667. The molecular formula is C15H23NO2S. The van der Waals surface area contributed by atoms with E-state index in [0.717, 1.165) is 24.8 Å². The average Bonchev–Trinajstić information content (AvgIpc) is 2.79. The highest BCUT2D eigenvalue weighted by atomic mass is 32.1. The molecular weight excluding hydrogens is 258 g/mol. The van der Waals surface area contributed by atoms with Crippen molar-refractivity contribution in [2.24, 2.45) is 5.92 Å². The highest BCUT2D eigenvalue weighted by molar-refractivity contribution is 7.10. The van der Waals surface area contributed by atoms with Crippen molar-refractivity contribution in [3.63, 3.8) is 0 Å². The number of hydrogen-bond donors (Lipinski definition) is 2. The monoisotopic (exact) mass is 281 g/mol. The van der Waals surface area contributed by atoms with Crippen molar-refractivity contribution in [3.8, 4) is 0 Å². The topological polar surface area (TPSA) is 49.3 Å². The summed E-state index contributed by atoms with van der Waals surface area (Å²) in [5.41, 5.74) is 2.15. The third-order valence-corrected chi connectivity index (χ3v) is 4.75. The molecule has 19 heavy (non-hydrogen) atoms. The van der Waals surface area contributed by atoms with Crippen LogP contribution in [-0.4, -0.2) is 23.7 Å². The minimum atomic E-state index is -0.305. The minimum absolute atomic E-state index is 0.0526. The van der Waals surface area contributed by atoms with E-state index in [-0.39, 0.29) is 12.0 Å². The van der Waals surface area contributed by atoms with Crippen LogP contribution in [0.15, 0.2) is 5.38 Å². The second-order valence-corrected chi connectivity index (χ2v) is 6.62. The second-order valence-electron chi connectivity index (χ2n) is 5.66. The van der Waals surface area contributed by atoms with Crippen LogP contribution >= 0.6 is 11.3 Å². The molecule has 1 amide bonds. The number of aryl methyl sites for hydroxylation is 1. The van der Waals surface area contributed by atoms with Gasteiger partial charge in [0, 0.05) is 16.8 Å². The summed E-state index contributed by atoms with van der Waals surface area (Å²) in [6.07, 6.45) is 5.04. The summed E-state index contributed by atoms with van der Waals surface area (Å²) in [5.74, 6) is 0.357. The Morgan fingerprint density at radius 3 is 2.89 bits per heavy atom. The molecule has 1 heterocycles. The van der Waals surface area contributed by atoms with E-state index < -0.39 is 0 Å². The summed E-state index contributed by atoms with van der Waals surface area (Å²) in [6.45, 7) is 4.47. The molecule has 2 rings (SSSR count). The fourth-order valence-corrected chi connectivity index (χ4v) is 3.84. The quantitative estimate of drug-likeness (QED) is 0.872. The predicted octanol–water partition coefficient (Wildman–Crippen LogP) is 2.76. The van der Waals surface area contributed by atoms with E-state index in [1.807, 2.05) is 5.38 Å². The Morgan fingerprint density at radius 2 is 2.16 bits per heavy atom. The molecule has 1 aromatic heterocycles. The Kier molecular flexibility index (Phi) is 4.99. The lowest BCUT2D eigenvalue weighted by Crippen LogP contribution is -2.30. The van der Waals surface area contributed by atoms with Crippen LogP contribution in [0, 0.1) is 5.92 Å². The van der Waals surface area contributed by atoms with Gasteiger partial charge in [0.25, 0.3) is 5.91 Å². The van der Waals surface area contributed by atoms with Gasteiger partial charge in [0.15, 0.2) is 0 Å². The molecule has 0 bridgehead atoms. The highest BCUT2D eigenvalue weighted by Gasteiger charge is 2.20. The molecule has 0 fully saturated rings. The number of hydrogen-bond acceptors (Lipinski definition) is 3. The predicted molar refractivity (Wildman–Crippen MR) is 78.8 cm³/mol. The molecule has 1 aliphatic carbocycles. The van der Waals surface area contributed by atoms with Gasteiger partial charge < -0.3 is 10.4 Å². The molecule has 2 unspecified atom stereocenters. The number of fused-ring (bicyclic) bond motifs is 1. The van der Waals surface area contributed by atoms with Gasteiger partial charge in [-0.3, -0.25) is 4.79 Å². The molecule has 2 N–H and O–H groups in total. The molecule has 0 aromatic carbocycles. The molecule has 2 atom stereocenters. The molecule has 0 aliphatic heterocycles. The molecule has 1 aromatic rings. The van der Waals surface area contributed by atoms with Gasteiger partial charge in [0.2, 0.25) is 0 Å². The highest BCUT2D eigenvalue weighted by Crippen LogP contribution is 2.30. The van der Waals surface area contributed by atoms with Crippen molar-refractivity contribution in [3.05, 3.63) is 21.4 Å². The first kappa shape index (κ1) is 14.5. The normalized spacial score (nSPS) is 17.6. The van der Waals surface area contributed by atoms with Crippen LogP contribution in [0.4, 0.5) is 0 Å². The van der Waals surface area contributed by atoms with E-state index in [9.17, 15) is 9.90 Å². The summed E-state index contributed by atoms with van der Waals surface area (Å²) < 4.78 is 0. The number of aliphatic hydroxyl groups is 1. The van der Waals surface area contributed by atoms with Gasteiger partial charge >= 0.3 is 0 Å². The second kappa shape index (κ2) is 6.53. The molecule has 3 nitrogen and oxygen atoms in total. The van der Waals surface area contributed by atoms with E-state index in [1.54, 1.807) is 18.3 Å². The summed E-state index contributed by atoms with van der Waals surface area (Å²) in [5, 5.41) is 14.3. The third kappa shape index (κ3) is 3.80. The van der Waals surface area contributed by atoms with Crippen LogP contribution in [-0.2, 0) is 12.8 Å². The lowest BCUT2D eigenvalue weighted by molar-refractivity contribution is 0.0938. The van der Waals surface area contributed by atoms with Gasteiger partial charge in [-0.15, -0.1) is 11.3 Å². The maximum absolute atomic E-state index is 12.2. The maximum Gasteiger partial charge on any atom is 0.252 e. The van der Waals surface area contributed by atoms with Crippen LogP contribution < -0.4 is 5.32 Å². The number of nitrogens with one attached hydrogen (secondary N) is 1. The van der Waals surface area contributed by atoms with Crippen LogP contribution in [0.5, 0.6) is 0 Å². The van der Waals surface area contributed by atoms with Gasteiger partial charge in [-0.05, 0) is 50.5 Å². The average molecular weight is 281 g/mol. The molecule has 0 radical (unpaired) electrons. The number of carbonyl (C=O) groups excluding carboxylic acids is 1. The Labute approximate surface area is 119 Å². The van der Waals surface area contributed by atoms with Crippen molar-refractivity contribution >= 4 is 17.2 Å². The summed E-state index contributed by atoms with van der Waals surface area (Å²) >= 11 is 1.72. The first-order valence-corrected chi connectivity index (χ1v) is 8.01. The summed E-state index contributed by atoms with van der Waals surface area (Å²) in [6, 6.07) is 0. The Morgan fingerprint density at radius 1 is 1.42 bits per heavy atom. The zero-order chi connectivity index (χ0) is 13.8. The molecule has 1 aliphatic rings. The van der Waals surface area contributed by atoms with Gasteiger partial charge in [-0.1, -0.05) is 6.92 Å². The number of thiophene rings is 1. The van der Waals surface area contributed by atoms with Crippen molar-refractivity contribution in [2.45, 2.75) is 52.1 Å². The van der Waals surface area contributed by atoms with Gasteiger partial charge in [-0.25, -0.2) is 0 Å². The Hall–Kier alpha value is -0.870. The zero-order valence-corrected chi connectivity index (χ0v) is 12.6. The fourth-order valence-electron chi connectivity index (χ4n) is 2.71. The maximum atomic E-state index is 12.2. The lowest BCUT2D eigenvalue weighted by Gasteiger charge is -2.15. The van der Waals surface area contributed by atoms with E-state index in [4.69, 9.17) is 0 Å². The van der Waals surface area contributed by atoms with Crippen molar-refractivity contribution in [1.29, 1.82) is 0 Å². The summed E-state index contributed by atoms with van der Waals surface area (Å²) in [4.78, 5) is 13.6. The third-order valence-electron chi connectivity index (χ3n) is 3.66. The SMILES string of the molecule is CC(O)CC(C)CNC(=O)c1csc2c1CCCC2. The zero-order valence-electron chi connectivity index (χ0n) is 11.7.